The number of methoxy groups -OCH3 is 1. The van der Waals surface area contributed by atoms with Crippen molar-refractivity contribution >= 4 is 12.0 Å². The van der Waals surface area contributed by atoms with E-state index in [0.29, 0.717) is 6.61 Å². The number of aliphatic carboxylic acids is 1. The van der Waals surface area contributed by atoms with E-state index in [4.69, 9.17) is 14.6 Å². The third-order valence-corrected chi connectivity index (χ3v) is 2.86. The Kier molecular flexibility index (Phi) is 4.99. The van der Waals surface area contributed by atoms with Crippen LogP contribution in [0.1, 0.15) is 11.1 Å². The Bertz CT molecular complexity index is 615. The fourth-order valence-corrected chi connectivity index (χ4v) is 1.76. The number of ether oxygens (including phenoxy) is 2. The first kappa shape index (κ1) is 14.7. The molecule has 0 saturated heterocycles. The Hall–Kier alpha value is -2.75. The zero-order valence-electron chi connectivity index (χ0n) is 11.7. The second-order valence-corrected chi connectivity index (χ2v) is 4.36. The zero-order valence-corrected chi connectivity index (χ0v) is 11.7. The molecule has 0 heterocycles. The number of hydrogen-bond donors (Lipinski definition) is 1. The third-order valence-electron chi connectivity index (χ3n) is 2.86. The first-order chi connectivity index (χ1) is 10.2. The Balaban J connectivity index is 2.00. The van der Waals surface area contributed by atoms with Crippen molar-refractivity contribution in [1.82, 2.24) is 0 Å². The number of rotatable bonds is 6. The van der Waals surface area contributed by atoms with Crippen LogP contribution in [-0.4, -0.2) is 18.2 Å². The van der Waals surface area contributed by atoms with Crippen molar-refractivity contribution in [3.63, 3.8) is 0 Å². The number of hydrogen-bond acceptors (Lipinski definition) is 3. The van der Waals surface area contributed by atoms with E-state index in [1.807, 2.05) is 30.3 Å². The van der Waals surface area contributed by atoms with Crippen molar-refractivity contribution in [2.24, 2.45) is 0 Å². The van der Waals surface area contributed by atoms with Crippen LogP contribution < -0.4 is 4.74 Å². The Morgan fingerprint density at radius 1 is 1.10 bits per heavy atom. The van der Waals surface area contributed by atoms with E-state index in [2.05, 4.69) is 0 Å². The molecule has 0 fully saturated rings. The maximum Gasteiger partial charge on any atom is 0.371 e. The standard InChI is InChI=1S/C17H16O4/c1-20-16(17(18)19)11-13-7-9-15(10-8-13)21-12-14-5-3-2-4-6-14/h2-11H,12H2,1H3,(H,18,19). The van der Waals surface area contributed by atoms with Crippen LogP contribution in [-0.2, 0) is 16.1 Å². The molecule has 21 heavy (non-hydrogen) atoms. The molecule has 0 saturated carbocycles. The highest BCUT2D eigenvalue weighted by molar-refractivity contribution is 5.89. The molecule has 1 N–H and O–H groups in total. The zero-order chi connectivity index (χ0) is 15.1. The van der Waals surface area contributed by atoms with Crippen LogP contribution in [0.2, 0.25) is 0 Å². The predicted octanol–water partition coefficient (Wildman–Crippen LogP) is 3.34. The molecule has 2 rings (SSSR count). The average molecular weight is 284 g/mol. The molecule has 108 valence electrons. The lowest BCUT2D eigenvalue weighted by molar-refractivity contribution is -0.135. The van der Waals surface area contributed by atoms with Gasteiger partial charge < -0.3 is 14.6 Å². The number of carboxylic acids is 1. The normalized spacial score (nSPS) is 11.0. The molecular weight excluding hydrogens is 268 g/mol. The van der Waals surface area contributed by atoms with Crippen molar-refractivity contribution in [3.05, 3.63) is 71.5 Å². The molecule has 0 spiro atoms. The summed E-state index contributed by atoms with van der Waals surface area (Å²) < 4.78 is 10.4. The van der Waals surface area contributed by atoms with Crippen molar-refractivity contribution in [1.29, 1.82) is 0 Å². The minimum absolute atomic E-state index is 0.104. The van der Waals surface area contributed by atoms with Gasteiger partial charge in [-0.3, -0.25) is 0 Å². The maximum absolute atomic E-state index is 10.8. The fourth-order valence-electron chi connectivity index (χ4n) is 1.76. The predicted molar refractivity (Wildman–Crippen MR) is 79.8 cm³/mol. The van der Waals surface area contributed by atoms with Gasteiger partial charge in [0.25, 0.3) is 0 Å². The highest BCUT2D eigenvalue weighted by Gasteiger charge is 2.06. The second-order valence-electron chi connectivity index (χ2n) is 4.36. The quantitative estimate of drug-likeness (QED) is 0.653. The monoisotopic (exact) mass is 284 g/mol. The SMILES string of the molecule is COC(=Cc1ccc(OCc2ccccc2)cc1)C(=O)O. The van der Waals surface area contributed by atoms with Crippen LogP contribution in [0.15, 0.2) is 60.4 Å². The lowest BCUT2D eigenvalue weighted by Gasteiger charge is -2.06. The van der Waals surface area contributed by atoms with Crippen LogP contribution in [0.5, 0.6) is 5.75 Å². The van der Waals surface area contributed by atoms with Gasteiger partial charge in [0.2, 0.25) is 5.76 Å². The van der Waals surface area contributed by atoms with Crippen LogP contribution in [0, 0.1) is 0 Å². The molecule has 0 aliphatic carbocycles. The molecule has 4 nitrogen and oxygen atoms in total. The summed E-state index contributed by atoms with van der Waals surface area (Å²) in [5.41, 5.74) is 1.83. The first-order valence-corrected chi connectivity index (χ1v) is 6.45. The van der Waals surface area contributed by atoms with Crippen molar-refractivity contribution < 1.29 is 19.4 Å². The highest BCUT2D eigenvalue weighted by atomic mass is 16.5. The summed E-state index contributed by atoms with van der Waals surface area (Å²) in [6, 6.07) is 17.0. The molecular formula is C17H16O4. The van der Waals surface area contributed by atoms with E-state index >= 15 is 0 Å². The van der Waals surface area contributed by atoms with Gasteiger partial charge in [-0.25, -0.2) is 4.79 Å². The van der Waals surface area contributed by atoms with Gasteiger partial charge in [-0.05, 0) is 29.3 Å². The van der Waals surface area contributed by atoms with Crippen molar-refractivity contribution in [2.45, 2.75) is 6.61 Å². The lowest BCUT2D eigenvalue weighted by Crippen LogP contribution is -2.01. The number of benzene rings is 2. The Morgan fingerprint density at radius 2 is 1.76 bits per heavy atom. The summed E-state index contributed by atoms with van der Waals surface area (Å²) >= 11 is 0. The number of carbonyl (C=O) groups is 1. The summed E-state index contributed by atoms with van der Waals surface area (Å²) in [7, 11) is 1.33. The molecule has 4 heteroatoms. The van der Waals surface area contributed by atoms with E-state index in [-0.39, 0.29) is 5.76 Å². The van der Waals surface area contributed by atoms with Crippen LogP contribution in [0.4, 0.5) is 0 Å². The van der Waals surface area contributed by atoms with Gasteiger partial charge in [0.15, 0.2) is 0 Å². The molecule has 0 bridgehead atoms. The molecule has 2 aromatic carbocycles. The summed E-state index contributed by atoms with van der Waals surface area (Å²) in [5.74, 6) is -0.472. The van der Waals surface area contributed by atoms with Crippen LogP contribution in [0.25, 0.3) is 6.08 Å². The summed E-state index contributed by atoms with van der Waals surface area (Å²) in [6.45, 7) is 0.495. The van der Waals surface area contributed by atoms with Gasteiger partial charge >= 0.3 is 5.97 Å². The molecule has 2 aromatic rings. The summed E-state index contributed by atoms with van der Waals surface area (Å²) in [6.07, 6.45) is 1.46. The molecule has 0 aliphatic rings. The van der Waals surface area contributed by atoms with Crippen LogP contribution in [0.3, 0.4) is 0 Å². The van der Waals surface area contributed by atoms with Gasteiger partial charge in [0.05, 0.1) is 7.11 Å². The average Bonchev–Trinajstić information content (AvgIpc) is 2.52. The van der Waals surface area contributed by atoms with Gasteiger partial charge in [-0.1, -0.05) is 42.5 Å². The van der Waals surface area contributed by atoms with Gasteiger partial charge in [-0.15, -0.1) is 0 Å². The molecule has 0 radical (unpaired) electrons. The van der Waals surface area contributed by atoms with Gasteiger partial charge in [-0.2, -0.15) is 0 Å². The molecule has 0 aliphatic heterocycles. The topological polar surface area (TPSA) is 55.8 Å². The van der Waals surface area contributed by atoms with E-state index in [0.717, 1.165) is 16.9 Å². The minimum Gasteiger partial charge on any atom is -0.490 e. The Labute approximate surface area is 123 Å². The largest absolute Gasteiger partial charge is 0.490 e. The lowest BCUT2D eigenvalue weighted by atomic mass is 10.2. The molecule has 0 amide bonds. The van der Waals surface area contributed by atoms with Gasteiger partial charge in [0.1, 0.15) is 12.4 Å². The summed E-state index contributed by atoms with van der Waals surface area (Å²) in [5, 5.41) is 8.88. The highest BCUT2D eigenvalue weighted by Crippen LogP contribution is 2.16. The third kappa shape index (κ3) is 4.38. The van der Waals surface area contributed by atoms with E-state index in [1.54, 1.807) is 24.3 Å². The Morgan fingerprint density at radius 3 is 2.33 bits per heavy atom. The van der Waals surface area contributed by atoms with Crippen molar-refractivity contribution in [2.75, 3.05) is 7.11 Å². The molecule has 0 unspecified atom stereocenters. The van der Waals surface area contributed by atoms with E-state index in [1.165, 1.54) is 13.2 Å². The maximum atomic E-state index is 10.8. The smallest absolute Gasteiger partial charge is 0.371 e. The minimum atomic E-state index is -1.10. The van der Waals surface area contributed by atoms with Gasteiger partial charge in [0, 0.05) is 0 Å². The number of carboxylic acid groups (broad SMARTS) is 1. The molecule has 0 aromatic heterocycles. The fraction of sp³-hybridized carbons (Fsp3) is 0.118. The van der Waals surface area contributed by atoms with Crippen molar-refractivity contribution in [3.8, 4) is 5.75 Å². The van der Waals surface area contributed by atoms with E-state index in [9.17, 15) is 4.79 Å². The molecule has 0 atom stereocenters. The van der Waals surface area contributed by atoms with Crippen LogP contribution >= 0.6 is 0 Å². The van der Waals surface area contributed by atoms with E-state index < -0.39 is 5.97 Å². The first-order valence-electron chi connectivity index (χ1n) is 6.45. The second kappa shape index (κ2) is 7.14. The summed E-state index contributed by atoms with van der Waals surface area (Å²) in [4.78, 5) is 10.8.